The van der Waals surface area contributed by atoms with Gasteiger partial charge in [0.25, 0.3) is 0 Å². The van der Waals surface area contributed by atoms with Gasteiger partial charge < -0.3 is 4.13 Å². The van der Waals surface area contributed by atoms with Crippen LogP contribution >= 0.6 is 0 Å². The molecule has 0 saturated heterocycles. The zero-order valence-corrected chi connectivity index (χ0v) is 9.76. The minimum atomic E-state index is -7.18. The summed E-state index contributed by atoms with van der Waals surface area (Å²) in [5.74, 6) is -5.95. The van der Waals surface area contributed by atoms with E-state index in [0.717, 1.165) is 4.13 Å². The van der Waals surface area contributed by atoms with Gasteiger partial charge in [0.1, 0.15) is 0 Å². The van der Waals surface area contributed by atoms with Gasteiger partial charge in [0.05, 0.1) is 0 Å². The Morgan fingerprint density at radius 2 is 1.16 bits per heavy atom. The van der Waals surface area contributed by atoms with Gasteiger partial charge in [-0.1, -0.05) is 0 Å². The predicted octanol–water partition coefficient (Wildman–Crippen LogP) is 1.74. The highest BCUT2D eigenvalue weighted by Crippen LogP contribution is 2.44. The molecule has 5 nitrogen and oxygen atoms in total. The molecule has 116 valence electrons. The normalized spacial score (nSPS) is 15.6. The Hall–Kier alpha value is -0.700. The number of nitrogens with zero attached hydrogens (tertiary/aromatic N) is 1. The maximum absolute atomic E-state index is 12.6. The van der Waals surface area contributed by atoms with Crippen LogP contribution in [0.5, 0.6) is 0 Å². The number of hydrogen-bond acceptors (Lipinski definition) is 4. The fourth-order valence-electron chi connectivity index (χ4n) is 0.485. The van der Waals surface area contributed by atoms with Gasteiger partial charge in [-0.2, -0.15) is 30.7 Å². The van der Waals surface area contributed by atoms with Crippen LogP contribution in [-0.2, 0) is 20.0 Å². The molecule has 0 spiro atoms. The van der Waals surface area contributed by atoms with E-state index in [9.17, 15) is 52.0 Å². The predicted molar refractivity (Wildman–Crippen MR) is 43.1 cm³/mol. The van der Waals surface area contributed by atoms with Gasteiger partial charge in [-0.15, -0.1) is 0 Å². The van der Waals surface area contributed by atoms with Crippen molar-refractivity contribution in [3.8, 4) is 0 Å². The summed E-state index contributed by atoms with van der Waals surface area (Å²) < 4.78 is 138. The first-order valence-electron chi connectivity index (χ1n) is 3.63. The van der Waals surface area contributed by atoms with E-state index in [0.29, 0.717) is 0 Å². The standard InChI is InChI=1S/C4H2F8NO4S2/c5-1-2(6,7)3(8,9)18(14,15)13-19(16,17)4(10,11)12/h1H2/q-1. The molecule has 0 amide bonds. The van der Waals surface area contributed by atoms with Crippen LogP contribution in [0.25, 0.3) is 4.13 Å². The molecule has 0 radical (unpaired) electrons. The van der Waals surface area contributed by atoms with Crippen molar-refractivity contribution in [3.63, 3.8) is 0 Å². The molecular weight excluding hydrogens is 342 g/mol. The Kier molecular flexibility index (Phi) is 4.52. The van der Waals surface area contributed by atoms with Gasteiger partial charge in [-0.25, -0.2) is 21.2 Å². The van der Waals surface area contributed by atoms with Crippen molar-refractivity contribution in [2.75, 3.05) is 6.67 Å². The first-order valence-corrected chi connectivity index (χ1v) is 6.51. The monoisotopic (exact) mass is 344 g/mol. The van der Waals surface area contributed by atoms with E-state index in [1.54, 1.807) is 0 Å². The van der Waals surface area contributed by atoms with Crippen molar-refractivity contribution in [1.82, 2.24) is 0 Å². The van der Waals surface area contributed by atoms with E-state index in [4.69, 9.17) is 0 Å². The van der Waals surface area contributed by atoms with Crippen LogP contribution in [0.15, 0.2) is 0 Å². The summed E-state index contributed by atoms with van der Waals surface area (Å²) >= 11 is 0. The summed E-state index contributed by atoms with van der Waals surface area (Å²) in [6, 6.07) is 0. The van der Waals surface area contributed by atoms with Gasteiger partial charge in [-0.05, 0) is 0 Å². The topological polar surface area (TPSA) is 82.4 Å². The average Bonchev–Trinajstić information content (AvgIpc) is 2.13. The molecule has 0 atom stereocenters. The van der Waals surface area contributed by atoms with E-state index < -0.39 is 43.4 Å². The third-order valence-corrected chi connectivity index (χ3v) is 4.51. The number of sulfonamides is 2. The van der Waals surface area contributed by atoms with Crippen molar-refractivity contribution in [3.05, 3.63) is 4.13 Å². The maximum atomic E-state index is 12.6. The molecular formula is C4H2F8NO4S2-. The molecule has 0 aromatic carbocycles. The van der Waals surface area contributed by atoms with Crippen LogP contribution in [0.4, 0.5) is 35.1 Å². The summed E-state index contributed by atoms with van der Waals surface area (Å²) in [4.78, 5) is 0. The largest absolute Gasteiger partial charge is 0.480 e. The molecule has 0 aromatic heterocycles. The molecule has 0 aliphatic carbocycles. The highest BCUT2D eigenvalue weighted by Gasteiger charge is 2.63. The fraction of sp³-hybridized carbons (Fsp3) is 1.00. The molecule has 0 bridgehead atoms. The molecule has 0 saturated carbocycles. The quantitative estimate of drug-likeness (QED) is 0.712. The fourth-order valence-corrected chi connectivity index (χ4v) is 2.66. The minimum Gasteiger partial charge on any atom is -0.423 e. The number of alkyl halides is 8. The van der Waals surface area contributed by atoms with Crippen LogP contribution < -0.4 is 0 Å². The summed E-state index contributed by atoms with van der Waals surface area (Å²) in [6.45, 7) is -3.26. The van der Waals surface area contributed by atoms with Crippen LogP contribution in [-0.4, -0.2) is 40.2 Å². The first-order chi connectivity index (χ1) is 8.02. The number of hydrogen-bond donors (Lipinski definition) is 0. The molecule has 15 heteroatoms. The Balaban J connectivity index is 5.71. The van der Waals surface area contributed by atoms with Gasteiger partial charge in [-0.3, -0.25) is 0 Å². The van der Waals surface area contributed by atoms with Crippen LogP contribution in [0.2, 0.25) is 0 Å². The molecule has 0 aliphatic heterocycles. The van der Waals surface area contributed by atoms with E-state index in [1.807, 2.05) is 0 Å². The van der Waals surface area contributed by atoms with Crippen molar-refractivity contribution < 1.29 is 52.0 Å². The maximum Gasteiger partial charge on any atom is 0.480 e. The molecule has 0 aliphatic rings. The van der Waals surface area contributed by atoms with E-state index in [2.05, 4.69) is 0 Å². The zero-order valence-electron chi connectivity index (χ0n) is 8.13. The zero-order chi connectivity index (χ0) is 15.9. The summed E-state index contributed by atoms with van der Waals surface area (Å²) in [6.07, 6.45) is 0. The number of halogens is 8. The SMILES string of the molecule is O=S(=O)([N-]S(=O)(=O)C(F)(F)C(F)(F)CF)C(F)(F)F. The molecule has 0 N–H and O–H groups in total. The van der Waals surface area contributed by atoms with Gasteiger partial charge in [0.15, 0.2) is 26.7 Å². The van der Waals surface area contributed by atoms with Crippen LogP contribution in [0.1, 0.15) is 0 Å². The highest BCUT2D eigenvalue weighted by atomic mass is 32.3. The van der Waals surface area contributed by atoms with Crippen molar-refractivity contribution in [2.45, 2.75) is 16.7 Å². The Morgan fingerprint density at radius 1 is 0.789 bits per heavy atom. The third kappa shape index (κ3) is 3.25. The number of rotatable bonds is 5. The lowest BCUT2D eigenvalue weighted by atomic mass is 10.4. The minimum absolute atomic E-state index is 0.721. The summed E-state index contributed by atoms with van der Waals surface area (Å²) in [7, 11) is -14.2. The second-order valence-corrected chi connectivity index (χ2v) is 6.30. The molecule has 19 heavy (non-hydrogen) atoms. The highest BCUT2D eigenvalue weighted by molar-refractivity contribution is 8.13. The lowest BCUT2D eigenvalue weighted by molar-refractivity contribution is -0.165. The van der Waals surface area contributed by atoms with E-state index >= 15 is 0 Å². The lowest BCUT2D eigenvalue weighted by Gasteiger charge is -2.31. The molecule has 0 aromatic rings. The molecule has 0 unspecified atom stereocenters. The average molecular weight is 344 g/mol. The second kappa shape index (κ2) is 4.69. The molecule has 0 heterocycles. The van der Waals surface area contributed by atoms with E-state index in [-0.39, 0.29) is 0 Å². The lowest BCUT2D eigenvalue weighted by Crippen LogP contribution is -2.48. The molecule has 0 rings (SSSR count). The van der Waals surface area contributed by atoms with Crippen LogP contribution in [0, 0.1) is 0 Å². The Morgan fingerprint density at radius 3 is 1.42 bits per heavy atom. The Labute approximate surface area is 100 Å². The first kappa shape index (κ1) is 18.3. The third-order valence-electron chi connectivity index (χ3n) is 1.41. The summed E-state index contributed by atoms with van der Waals surface area (Å²) in [5, 5.41) is -6.47. The van der Waals surface area contributed by atoms with Gasteiger partial charge in [0.2, 0.25) is 0 Å². The van der Waals surface area contributed by atoms with Gasteiger partial charge >= 0.3 is 16.7 Å². The Bertz CT molecular complexity index is 534. The van der Waals surface area contributed by atoms with E-state index in [1.165, 1.54) is 0 Å². The molecule has 0 fully saturated rings. The van der Waals surface area contributed by atoms with Crippen LogP contribution in [0.3, 0.4) is 0 Å². The van der Waals surface area contributed by atoms with Gasteiger partial charge in [0, 0.05) is 0 Å². The summed E-state index contributed by atoms with van der Waals surface area (Å²) in [5.41, 5.74) is -6.40. The van der Waals surface area contributed by atoms with Crippen molar-refractivity contribution in [2.24, 2.45) is 0 Å². The van der Waals surface area contributed by atoms with Crippen molar-refractivity contribution in [1.29, 1.82) is 0 Å². The van der Waals surface area contributed by atoms with Crippen molar-refractivity contribution >= 4 is 20.0 Å². The second-order valence-electron chi connectivity index (χ2n) is 2.83. The smallest absolute Gasteiger partial charge is 0.423 e.